The number of primary amides is 1. The smallest absolute Gasteiger partial charge is 0.287 e. The molecule has 0 radical (unpaired) electrons. The summed E-state index contributed by atoms with van der Waals surface area (Å²) in [4.78, 5) is 58.6. The van der Waals surface area contributed by atoms with Gasteiger partial charge in [-0.25, -0.2) is 13.4 Å². The van der Waals surface area contributed by atoms with E-state index in [-0.39, 0.29) is 43.5 Å². The summed E-state index contributed by atoms with van der Waals surface area (Å²) in [6.45, 7) is 11.3. The second-order valence-corrected chi connectivity index (χ2v) is 16.8. The van der Waals surface area contributed by atoms with Gasteiger partial charge in [0, 0.05) is 30.1 Å². The van der Waals surface area contributed by atoms with Crippen molar-refractivity contribution in [1.82, 2.24) is 25.2 Å². The molecular formula is C31H49ClN6O7S. The van der Waals surface area contributed by atoms with Crippen molar-refractivity contribution in [1.29, 1.82) is 0 Å². The third-order valence-electron chi connectivity index (χ3n) is 8.28. The van der Waals surface area contributed by atoms with Gasteiger partial charge < -0.3 is 20.7 Å². The van der Waals surface area contributed by atoms with Crippen molar-refractivity contribution in [2.45, 2.75) is 110 Å². The third kappa shape index (κ3) is 11.2. The number of nitrogens with zero attached hydrogens (tertiary/aromatic N) is 2. The summed E-state index contributed by atoms with van der Waals surface area (Å²) < 4.78 is 33.2. The molecule has 3 rings (SSSR count). The van der Waals surface area contributed by atoms with E-state index in [1.54, 1.807) is 12.1 Å². The molecule has 258 valence electrons. The van der Waals surface area contributed by atoms with Gasteiger partial charge in [-0.15, -0.1) is 0 Å². The highest BCUT2D eigenvalue weighted by Gasteiger charge is 2.47. The molecule has 5 N–H and O–H groups in total. The highest BCUT2D eigenvalue weighted by Crippen LogP contribution is 2.35. The lowest BCUT2D eigenvalue weighted by Crippen LogP contribution is -2.57. The Morgan fingerprint density at radius 3 is 2.26 bits per heavy atom. The van der Waals surface area contributed by atoms with Gasteiger partial charge in [-0.1, -0.05) is 51.6 Å². The van der Waals surface area contributed by atoms with Gasteiger partial charge in [0.2, 0.25) is 33.5 Å². The fourth-order valence-electron chi connectivity index (χ4n) is 5.89. The van der Waals surface area contributed by atoms with Crippen LogP contribution in [0.25, 0.3) is 0 Å². The maximum absolute atomic E-state index is 14.5. The first-order valence-electron chi connectivity index (χ1n) is 15.6. The standard InChI is InChI=1S/C31H49ClN6O7S/c1-30(2,3)21(15-24(36-31(4,5)6)37-46(7,43)44)29(42)38-17-20(45-25-12-11-19(32)16-34-25)14-23(38)28(41)35-22(26(39)27(33)40)13-18-9-8-10-18/h11-12,16,18,20-24,36-37H,8-10,13-15,17H2,1-7H3,(H2,33,40)(H,35,41)/t20-,21+,22?,23-,24?/m0/s1. The molecule has 1 saturated heterocycles. The van der Waals surface area contributed by atoms with Crippen molar-refractivity contribution in [2.24, 2.45) is 23.0 Å². The Balaban J connectivity index is 1.94. The number of Topliss-reactive ketones (excluding diaryl/α,β-unsaturated/α-hetero) is 1. The van der Waals surface area contributed by atoms with Crippen LogP contribution in [-0.2, 0) is 29.2 Å². The number of ether oxygens (including phenoxy) is 1. The average Bonchev–Trinajstić information content (AvgIpc) is 3.30. The fourth-order valence-corrected chi connectivity index (χ4v) is 6.67. The molecule has 2 fully saturated rings. The lowest BCUT2D eigenvalue weighted by Gasteiger charge is -2.38. The molecule has 0 bridgehead atoms. The van der Waals surface area contributed by atoms with Crippen LogP contribution < -0.4 is 25.8 Å². The Morgan fingerprint density at radius 2 is 1.78 bits per heavy atom. The zero-order chi connectivity index (χ0) is 34.6. The quantitative estimate of drug-likeness (QED) is 0.168. The minimum atomic E-state index is -3.65. The number of amides is 3. The van der Waals surface area contributed by atoms with Gasteiger partial charge in [-0.2, -0.15) is 4.72 Å². The minimum Gasteiger partial charge on any atom is -0.472 e. The van der Waals surface area contributed by atoms with Crippen LogP contribution in [0, 0.1) is 17.3 Å². The third-order valence-corrected chi connectivity index (χ3v) is 9.22. The van der Waals surface area contributed by atoms with Crippen molar-refractivity contribution >= 4 is 45.1 Å². The molecule has 15 heteroatoms. The summed E-state index contributed by atoms with van der Waals surface area (Å²) in [5, 5.41) is 6.39. The second-order valence-electron chi connectivity index (χ2n) is 14.6. The van der Waals surface area contributed by atoms with Crippen LogP contribution >= 0.6 is 11.6 Å². The number of halogens is 1. The molecule has 13 nitrogen and oxygen atoms in total. The normalized spacial score (nSPS) is 21.2. The number of nitrogens with one attached hydrogen (secondary N) is 3. The molecule has 2 unspecified atom stereocenters. The Morgan fingerprint density at radius 1 is 1.13 bits per heavy atom. The Kier molecular flexibility index (Phi) is 12.2. The fraction of sp³-hybridized carbons (Fsp3) is 0.710. The van der Waals surface area contributed by atoms with Crippen molar-refractivity contribution in [3.8, 4) is 5.88 Å². The van der Waals surface area contributed by atoms with Gasteiger partial charge in [-0.3, -0.25) is 24.5 Å². The molecule has 1 saturated carbocycles. The van der Waals surface area contributed by atoms with Crippen LogP contribution in [0.2, 0.25) is 5.02 Å². The monoisotopic (exact) mass is 684 g/mol. The van der Waals surface area contributed by atoms with Crippen LogP contribution in [0.4, 0.5) is 0 Å². The average molecular weight is 685 g/mol. The number of aromatic nitrogens is 1. The highest BCUT2D eigenvalue weighted by molar-refractivity contribution is 7.88. The second kappa shape index (κ2) is 15.0. The SMILES string of the molecule is CC(C)(C)NC(C[C@H](C(=O)N1C[C@@H](Oc2ccc(Cl)cn2)C[C@H]1C(=O)NC(CC1CCC1)C(=O)C(N)=O)C(C)(C)C)NS(C)(=O)=O. The van der Waals surface area contributed by atoms with E-state index in [0.29, 0.717) is 5.02 Å². The largest absolute Gasteiger partial charge is 0.472 e. The van der Waals surface area contributed by atoms with Gasteiger partial charge >= 0.3 is 0 Å². The molecule has 1 aliphatic carbocycles. The van der Waals surface area contributed by atoms with Crippen LogP contribution in [-0.4, -0.2) is 84.5 Å². The zero-order valence-corrected chi connectivity index (χ0v) is 29.3. The van der Waals surface area contributed by atoms with Gasteiger partial charge in [0.05, 0.1) is 30.0 Å². The molecule has 2 aliphatic rings. The first-order valence-corrected chi connectivity index (χ1v) is 17.9. The molecule has 1 aromatic rings. The number of ketones is 1. The summed E-state index contributed by atoms with van der Waals surface area (Å²) in [7, 11) is -3.65. The van der Waals surface area contributed by atoms with E-state index >= 15 is 0 Å². The minimum absolute atomic E-state index is 0.0295. The number of pyridine rings is 1. The maximum Gasteiger partial charge on any atom is 0.287 e. The van der Waals surface area contributed by atoms with E-state index in [2.05, 4.69) is 20.3 Å². The van der Waals surface area contributed by atoms with E-state index < -0.39 is 68.8 Å². The van der Waals surface area contributed by atoms with E-state index in [4.69, 9.17) is 22.1 Å². The summed E-state index contributed by atoms with van der Waals surface area (Å²) in [6.07, 6.45) is 4.29. The number of carbonyl (C=O) groups excluding carboxylic acids is 4. The van der Waals surface area contributed by atoms with Crippen molar-refractivity contribution in [3.63, 3.8) is 0 Å². The van der Waals surface area contributed by atoms with Crippen LogP contribution in [0.5, 0.6) is 5.88 Å². The lowest BCUT2D eigenvalue weighted by atomic mass is 9.77. The van der Waals surface area contributed by atoms with E-state index in [1.165, 1.54) is 11.1 Å². The molecule has 1 aromatic heterocycles. The number of carbonyl (C=O) groups is 4. The number of hydrogen-bond acceptors (Lipinski definition) is 9. The summed E-state index contributed by atoms with van der Waals surface area (Å²) in [6, 6.07) is 1.04. The molecular weight excluding hydrogens is 636 g/mol. The highest BCUT2D eigenvalue weighted by atomic mass is 35.5. The Hall–Kier alpha value is -2.81. The van der Waals surface area contributed by atoms with Gasteiger partial charge in [0.15, 0.2) is 0 Å². The number of likely N-dealkylation sites (tertiary alicyclic amines) is 1. The van der Waals surface area contributed by atoms with Gasteiger partial charge in [0.1, 0.15) is 12.1 Å². The van der Waals surface area contributed by atoms with Crippen molar-refractivity contribution < 1.29 is 32.3 Å². The van der Waals surface area contributed by atoms with E-state index in [9.17, 15) is 27.6 Å². The van der Waals surface area contributed by atoms with Crippen LogP contribution in [0.1, 0.15) is 80.1 Å². The van der Waals surface area contributed by atoms with Crippen molar-refractivity contribution in [3.05, 3.63) is 23.4 Å². The lowest BCUT2D eigenvalue weighted by molar-refractivity contribution is -0.146. The van der Waals surface area contributed by atoms with Gasteiger partial charge in [-0.05, 0) is 51.0 Å². The Bertz CT molecular complexity index is 1370. The number of sulfonamides is 1. The number of hydrogen-bond donors (Lipinski definition) is 4. The first kappa shape index (κ1) is 37.6. The molecule has 5 atom stereocenters. The van der Waals surface area contributed by atoms with Crippen LogP contribution in [0.15, 0.2) is 18.3 Å². The molecule has 3 amide bonds. The van der Waals surface area contributed by atoms with E-state index in [0.717, 1.165) is 25.5 Å². The summed E-state index contributed by atoms with van der Waals surface area (Å²) in [5.74, 6) is -3.31. The van der Waals surface area contributed by atoms with Gasteiger partial charge in [0.25, 0.3) is 5.91 Å². The Labute approximate surface area is 277 Å². The summed E-state index contributed by atoms with van der Waals surface area (Å²) in [5.41, 5.74) is 4.18. The summed E-state index contributed by atoms with van der Waals surface area (Å²) >= 11 is 5.97. The predicted octanol–water partition coefficient (Wildman–Crippen LogP) is 2.13. The predicted molar refractivity (Wildman–Crippen MR) is 174 cm³/mol. The zero-order valence-electron chi connectivity index (χ0n) is 27.8. The first-order chi connectivity index (χ1) is 21.1. The van der Waals surface area contributed by atoms with Crippen molar-refractivity contribution in [2.75, 3.05) is 12.8 Å². The number of nitrogens with two attached hydrogens (primary N) is 1. The molecule has 0 aromatic carbocycles. The molecule has 2 heterocycles. The molecule has 46 heavy (non-hydrogen) atoms. The van der Waals surface area contributed by atoms with Crippen LogP contribution in [0.3, 0.4) is 0 Å². The molecule has 0 spiro atoms. The topological polar surface area (TPSA) is 190 Å². The molecule has 1 aliphatic heterocycles. The maximum atomic E-state index is 14.5. The van der Waals surface area contributed by atoms with E-state index in [1.807, 2.05) is 41.5 Å². The number of rotatable bonds is 14.